The number of thiophene rings is 1. The van der Waals surface area contributed by atoms with Crippen molar-refractivity contribution in [3.8, 4) is 0 Å². The summed E-state index contributed by atoms with van der Waals surface area (Å²) in [5.41, 5.74) is 3.04. The van der Waals surface area contributed by atoms with Gasteiger partial charge in [0.05, 0.1) is 11.1 Å². The van der Waals surface area contributed by atoms with Crippen molar-refractivity contribution >= 4 is 22.9 Å². The highest BCUT2D eigenvalue weighted by Crippen LogP contribution is 2.47. The molecular weight excluding hydrogens is 276 g/mol. The van der Waals surface area contributed by atoms with Crippen molar-refractivity contribution in [2.24, 2.45) is 23.6 Å². The van der Waals surface area contributed by atoms with Gasteiger partial charge in [-0.25, -0.2) is 0 Å². The van der Waals surface area contributed by atoms with Gasteiger partial charge >= 0.3 is 0 Å². The Morgan fingerprint density at radius 2 is 2.00 bits per heavy atom. The lowest BCUT2D eigenvalue weighted by Gasteiger charge is -2.41. The molecule has 1 aromatic heterocycles. The minimum atomic E-state index is 0.246. The van der Waals surface area contributed by atoms with Gasteiger partial charge in [-0.2, -0.15) is 0 Å². The van der Waals surface area contributed by atoms with Crippen molar-refractivity contribution < 1.29 is 0 Å². The van der Waals surface area contributed by atoms with Crippen LogP contribution in [0, 0.1) is 17.8 Å². The number of halogens is 1. The van der Waals surface area contributed by atoms with Crippen molar-refractivity contribution in [2.75, 3.05) is 0 Å². The van der Waals surface area contributed by atoms with E-state index in [2.05, 4.69) is 10.8 Å². The largest absolute Gasteiger partial charge is 0.271 e. The number of hydrogen-bond acceptors (Lipinski definition) is 3. The Balaban J connectivity index is 1.72. The zero-order chi connectivity index (χ0) is 13.2. The van der Waals surface area contributed by atoms with E-state index in [9.17, 15) is 0 Å². The molecule has 0 aliphatic heterocycles. The van der Waals surface area contributed by atoms with E-state index >= 15 is 0 Å². The SMILES string of the molecule is NNC(c1sccc1Cl)C1CCC2CCCCC2C1. The molecule has 0 saturated heterocycles. The van der Waals surface area contributed by atoms with Crippen LogP contribution in [0.4, 0.5) is 0 Å². The van der Waals surface area contributed by atoms with Gasteiger partial charge in [0.25, 0.3) is 0 Å². The first kappa shape index (κ1) is 13.9. The molecule has 3 N–H and O–H groups in total. The van der Waals surface area contributed by atoms with Gasteiger partial charge in [0.1, 0.15) is 0 Å². The third kappa shape index (κ3) is 2.85. The van der Waals surface area contributed by atoms with E-state index < -0.39 is 0 Å². The Bertz CT molecular complexity index is 420. The second-order valence-corrected chi connectivity index (χ2v) is 7.51. The summed E-state index contributed by atoms with van der Waals surface area (Å²) >= 11 is 8.02. The van der Waals surface area contributed by atoms with Gasteiger partial charge in [0.2, 0.25) is 0 Å². The lowest BCUT2D eigenvalue weighted by Crippen LogP contribution is -2.38. The average Bonchev–Trinajstić information content (AvgIpc) is 2.86. The van der Waals surface area contributed by atoms with Crippen molar-refractivity contribution in [3.63, 3.8) is 0 Å². The van der Waals surface area contributed by atoms with E-state index in [1.807, 2.05) is 6.07 Å². The quantitative estimate of drug-likeness (QED) is 0.636. The molecule has 0 bridgehead atoms. The second kappa shape index (κ2) is 6.13. The predicted molar refractivity (Wildman–Crippen MR) is 82.2 cm³/mol. The molecule has 2 aliphatic carbocycles. The zero-order valence-electron chi connectivity index (χ0n) is 11.3. The first-order valence-electron chi connectivity index (χ1n) is 7.48. The Kier molecular flexibility index (Phi) is 4.47. The number of nitrogens with one attached hydrogen (secondary N) is 1. The molecule has 19 heavy (non-hydrogen) atoms. The van der Waals surface area contributed by atoms with Crippen LogP contribution < -0.4 is 11.3 Å². The third-order valence-electron chi connectivity index (χ3n) is 5.16. The highest BCUT2D eigenvalue weighted by molar-refractivity contribution is 7.10. The van der Waals surface area contributed by atoms with Gasteiger partial charge in [-0.15, -0.1) is 11.3 Å². The molecule has 4 unspecified atom stereocenters. The molecule has 1 heterocycles. The molecule has 1 aromatic rings. The third-order valence-corrected chi connectivity index (χ3v) is 6.60. The number of fused-ring (bicyclic) bond motifs is 1. The topological polar surface area (TPSA) is 38.0 Å². The fraction of sp³-hybridized carbons (Fsp3) is 0.733. The molecule has 3 rings (SSSR count). The molecule has 0 aromatic carbocycles. The Hall–Kier alpha value is -0.0900. The lowest BCUT2D eigenvalue weighted by molar-refractivity contribution is 0.110. The maximum absolute atomic E-state index is 6.28. The number of hydrogen-bond donors (Lipinski definition) is 2. The molecule has 0 radical (unpaired) electrons. The molecular formula is C15H23ClN2S. The fourth-order valence-electron chi connectivity index (χ4n) is 4.17. The smallest absolute Gasteiger partial charge is 0.0596 e. The monoisotopic (exact) mass is 298 g/mol. The Morgan fingerprint density at radius 3 is 2.68 bits per heavy atom. The molecule has 2 fully saturated rings. The minimum Gasteiger partial charge on any atom is -0.271 e. The molecule has 0 spiro atoms. The summed E-state index contributed by atoms with van der Waals surface area (Å²) in [6.45, 7) is 0. The summed E-state index contributed by atoms with van der Waals surface area (Å²) in [5, 5.41) is 2.94. The Labute approximate surface area is 124 Å². The summed E-state index contributed by atoms with van der Waals surface area (Å²) < 4.78 is 0. The van der Waals surface area contributed by atoms with Crippen LogP contribution in [0.25, 0.3) is 0 Å². The van der Waals surface area contributed by atoms with Gasteiger partial charge in [-0.3, -0.25) is 11.3 Å². The summed E-state index contributed by atoms with van der Waals surface area (Å²) in [5.74, 6) is 8.40. The maximum atomic E-state index is 6.28. The molecule has 2 saturated carbocycles. The Morgan fingerprint density at radius 1 is 1.21 bits per heavy atom. The first-order valence-corrected chi connectivity index (χ1v) is 8.74. The maximum Gasteiger partial charge on any atom is 0.0596 e. The standard InChI is InChI=1S/C15H23ClN2S/c16-13-7-8-19-15(13)14(18-17)12-6-5-10-3-1-2-4-11(10)9-12/h7-8,10-12,14,18H,1-6,9,17H2. The van der Waals surface area contributed by atoms with Crippen LogP contribution in [-0.2, 0) is 0 Å². The number of nitrogens with two attached hydrogens (primary N) is 1. The minimum absolute atomic E-state index is 0.246. The van der Waals surface area contributed by atoms with Gasteiger partial charge in [0.15, 0.2) is 0 Å². The zero-order valence-corrected chi connectivity index (χ0v) is 12.8. The van der Waals surface area contributed by atoms with Crippen molar-refractivity contribution in [1.29, 1.82) is 0 Å². The van der Waals surface area contributed by atoms with Crippen molar-refractivity contribution in [3.05, 3.63) is 21.3 Å². The number of rotatable bonds is 3. The molecule has 2 aliphatic rings. The van der Waals surface area contributed by atoms with Crippen LogP contribution in [0.5, 0.6) is 0 Å². The van der Waals surface area contributed by atoms with E-state index in [0.29, 0.717) is 5.92 Å². The van der Waals surface area contributed by atoms with E-state index in [0.717, 1.165) is 16.9 Å². The van der Waals surface area contributed by atoms with Crippen LogP contribution in [-0.4, -0.2) is 0 Å². The van der Waals surface area contributed by atoms with Crippen LogP contribution in [0.3, 0.4) is 0 Å². The summed E-state index contributed by atoms with van der Waals surface area (Å²) in [7, 11) is 0. The van der Waals surface area contributed by atoms with Crippen LogP contribution in [0.15, 0.2) is 11.4 Å². The first-order chi connectivity index (χ1) is 9.29. The molecule has 2 nitrogen and oxygen atoms in total. The van der Waals surface area contributed by atoms with Crippen LogP contribution in [0.1, 0.15) is 55.9 Å². The summed E-state index contributed by atoms with van der Waals surface area (Å²) in [6.07, 6.45) is 9.76. The average molecular weight is 299 g/mol. The van der Waals surface area contributed by atoms with Crippen LogP contribution in [0.2, 0.25) is 5.02 Å². The van der Waals surface area contributed by atoms with E-state index in [1.165, 1.54) is 49.8 Å². The van der Waals surface area contributed by atoms with Gasteiger partial charge < -0.3 is 0 Å². The van der Waals surface area contributed by atoms with E-state index in [1.54, 1.807) is 11.3 Å². The van der Waals surface area contributed by atoms with E-state index in [4.69, 9.17) is 17.4 Å². The molecule has 4 atom stereocenters. The molecule has 0 amide bonds. The molecule has 106 valence electrons. The van der Waals surface area contributed by atoms with E-state index in [-0.39, 0.29) is 6.04 Å². The van der Waals surface area contributed by atoms with Gasteiger partial charge in [-0.1, -0.05) is 37.3 Å². The second-order valence-electron chi connectivity index (χ2n) is 6.15. The van der Waals surface area contributed by atoms with Crippen molar-refractivity contribution in [1.82, 2.24) is 5.43 Å². The fourth-order valence-corrected chi connectivity index (χ4v) is 5.49. The lowest BCUT2D eigenvalue weighted by atomic mass is 9.66. The normalized spacial score (nSPS) is 32.8. The highest BCUT2D eigenvalue weighted by Gasteiger charge is 2.36. The van der Waals surface area contributed by atoms with Gasteiger partial charge in [0, 0.05) is 4.88 Å². The highest BCUT2D eigenvalue weighted by atomic mass is 35.5. The van der Waals surface area contributed by atoms with Crippen LogP contribution >= 0.6 is 22.9 Å². The molecule has 4 heteroatoms. The predicted octanol–water partition coefficient (Wildman–Crippen LogP) is 4.51. The summed E-state index contributed by atoms with van der Waals surface area (Å²) in [4.78, 5) is 1.23. The van der Waals surface area contributed by atoms with Crippen molar-refractivity contribution in [2.45, 2.75) is 51.0 Å². The number of hydrazine groups is 1. The van der Waals surface area contributed by atoms with Gasteiger partial charge in [-0.05, 0) is 48.5 Å². The summed E-state index contributed by atoms with van der Waals surface area (Å²) in [6, 6.07) is 2.23.